The van der Waals surface area contributed by atoms with E-state index in [1.165, 1.54) is 12.1 Å². The van der Waals surface area contributed by atoms with Gasteiger partial charge in [-0.2, -0.15) is 0 Å². The minimum Gasteiger partial charge on any atom is -0.379 e. The van der Waals surface area contributed by atoms with Crippen molar-refractivity contribution in [2.24, 2.45) is 5.14 Å². The summed E-state index contributed by atoms with van der Waals surface area (Å²) >= 11 is 0. The van der Waals surface area contributed by atoms with Crippen LogP contribution in [0.5, 0.6) is 0 Å². The maximum absolute atomic E-state index is 12.3. The minimum absolute atomic E-state index is 0.0684. The van der Waals surface area contributed by atoms with Crippen molar-refractivity contribution in [2.75, 3.05) is 13.2 Å². The van der Waals surface area contributed by atoms with Gasteiger partial charge in [0.05, 0.1) is 17.0 Å². The molecule has 0 saturated carbocycles. The molecule has 7 heteroatoms. The van der Waals surface area contributed by atoms with Crippen LogP contribution in [0.3, 0.4) is 0 Å². The summed E-state index contributed by atoms with van der Waals surface area (Å²) in [4.78, 5) is 12.2. The Hall–Kier alpha value is -1.44. The second-order valence-corrected chi connectivity index (χ2v) is 6.90. The molecule has 1 aromatic rings. The minimum atomic E-state index is -3.82. The highest BCUT2D eigenvalue weighted by Crippen LogP contribution is 2.20. The van der Waals surface area contributed by atoms with Gasteiger partial charge in [0.15, 0.2) is 0 Å². The summed E-state index contributed by atoms with van der Waals surface area (Å²) in [6.45, 7) is 4.70. The van der Waals surface area contributed by atoms with Crippen LogP contribution in [-0.4, -0.2) is 33.1 Å². The Morgan fingerprint density at radius 3 is 2.70 bits per heavy atom. The summed E-state index contributed by atoms with van der Waals surface area (Å²) in [5.41, 5.74) is 0.586. The Kier molecular flexibility index (Phi) is 3.86. The van der Waals surface area contributed by atoms with E-state index < -0.39 is 15.6 Å². The Morgan fingerprint density at radius 1 is 1.45 bits per heavy atom. The van der Waals surface area contributed by atoms with Gasteiger partial charge in [-0.25, -0.2) is 13.6 Å². The van der Waals surface area contributed by atoms with E-state index in [-0.39, 0.29) is 10.8 Å². The number of rotatable bonds is 3. The van der Waals surface area contributed by atoms with Crippen LogP contribution in [0.4, 0.5) is 0 Å². The number of amides is 1. The maximum atomic E-state index is 12.3. The van der Waals surface area contributed by atoms with Crippen molar-refractivity contribution >= 4 is 15.9 Å². The third-order valence-electron chi connectivity index (χ3n) is 3.42. The quantitative estimate of drug-likeness (QED) is 0.851. The smallest absolute Gasteiger partial charge is 0.252 e. The zero-order valence-corrected chi connectivity index (χ0v) is 12.3. The molecule has 1 atom stereocenters. The van der Waals surface area contributed by atoms with Gasteiger partial charge >= 0.3 is 0 Å². The lowest BCUT2D eigenvalue weighted by molar-refractivity contribution is 0.0889. The summed E-state index contributed by atoms with van der Waals surface area (Å²) in [6.07, 6.45) is 0.729. The van der Waals surface area contributed by atoms with Crippen LogP contribution in [-0.2, 0) is 14.8 Å². The van der Waals surface area contributed by atoms with Gasteiger partial charge in [-0.3, -0.25) is 4.79 Å². The van der Waals surface area contributed by atoms with Crippen molar-refractivity contribution < 1.29 is 17.9 Å². The molecule has 20 heavy (non-hydrogen) atoms. The number of carbonyl (C=O) groups is 1. The number of nitrogens with two attached hydrogens (primary N) is 1. The molecule has 1 aromatic carbocycles. The fourth-order valence-electron chi connectivity index (χ4n) is 2.13. The van der Waals surface area contributed by atoms with Crippen LogP contribution < -0.4 is 10.5 Å². The van der Waals surface area contributed by atoms with Gasteiger partial charge in [-0.1, -0.05) is 6.07 Å². The van der Waals surface area contributed by atoms with Gasteiger partial charge in [-0.15, -0.1) is 0 Å². The molecule has 1 aliphatic heterocycles. The first-order valence-corrected chi connectivity index (χ1v) is 7.80. The first-order chi connectivity index (χ1) is 9.21. The van der Waals surface area contributed by atoms with Gasteiger partial charge in [0, 0.05) is 12.2 Å². The number of hydrogen-bond donors (Lipinski definition) is 2. The molecule has 3 N–H and O–H groups in total. The molecule has 1 amide bonds. The number of sulfonamides is 1. The monoisotopic (exact) mass is 298 g/mol. The molecule has 1 fully saturated rings. The molecule has 0 spiro atoms. The molecular weight excluding hydrogens is 280 g/mol. The van der Waals surface area contributed by atoms with Crippen LogP contribution in [0.15, 0.2) is 23.1 Å². The highest BCUT2D eigenvalue weighted by molar-refractivity contribution is 7.89. The molecule has 1 saturated heterocycles. The van der Waals surface area contributed by atoms with Gasteiger partial charge in [0.1, 0.15) is 0 Å². The Bertz CT molecular complexity index is 634. The summed E-state index contributed by atoms with van der Waals surface area (Å²) in [7, 11) is -3.82. The molecule has 1 unspecified atom stereocenters. The maximum Gasteiger partial charge on any atom is 0.252 e. The number of nitrogens with one attached hydrogen (secondary N) is 1. The molecule has 0 aromatic heterocycles. The molecule has 0 radical (unpaired) electrons. The Labute approximate surface area is 118 Å². The average Bonchev–Trinajstić information content (AvgIpc) is 2.74. The molecule has 0 bridgehead atoms. The highest BCUT2D eigenvalue weighted by Gasteiger charge is 2.32. The lowest BCUT2D eigenvalue weighted by Crippen LogP contribution is -2.46. The zero-order chi connectivity index (χ0) is 15.0. The van der Waals surface area contributed by atoms with Crippen molar-refractivity contribution in [3.63, 3.8) is 0 Å². The molecule has 0 aliphatic carbocycles. The van der Waals surface area contributed by atoms with Crippen molar-refractivity contribution in [1.82, 2.24) is 5.32 Å². The number of aryl methyl sites for hydroxylation is 1. The van der Waals surface area contributed by atoms with E-state index in [0.29, 0.717) is 24.3 Å². The predicted molar refractivity (Wildman–Crippen MR) is 73.9 cm³/mol. The zero-order valence-electron chi connectivity index (χ0n) is 11.5. The van der Waals surface area contributed by atoms with E-state index in [9.17, 15) is 13.2 Å². The summed E-state index contributed by atoms with van der Waals surface area (Å²) in [6, 6.07) is 4.27. The van der Waals surface area contributed by atoms with Crippen molar-refractivity contribution in [3.8, 4) is 0 Å². The number of benzene rings is 1. The molecule has 1 aliphatic rings. The number of ether oxygens (including phenoxy) is 1. The molecule has 2 rings (SSSR count). The third kappa shape index (κ3) is 3.17. The third-order valence-corrected chi connectivity index (χ3v) is 4.33. The van der Waals surface area contributed by atoms with E-state index >= 15 is 0 Å². The SMILES string of the molecule is Cc1ccc(S(N)(=O)=O)cc1C(=O)NC1(C)CCOC1. The number of primary sulfonamides is 1. The summed E-state index contributed by atoms with van der Waals surface area (Å²) in [5, 5.41) is 7.98. The Balaban J connectivity index is 2.30. The first kappa shape index (κ1) is 15.0. The van der Waals surface area contributed by atoms with E-state index in [1.54, 1.807) is 13.0 Å². The normalized spacial score (nSPS) is 22.8. The molecule has 110 valence electrons. The lowest BCUT2D eigenvalue weighted by atomic mass is 10.00. The Morgan fingerprint density at radius 2 is 2.15 bits per heavy atom. The fourth-order valence-corrected chi connectivity index (χ4v) is 2.67. The number of carbonyl (C=O) groups excluding carboxylic acids is 1. The standard InChI is InChI=1S/C13H18N2O4S/c1-9-3-4-10(20(14,17)18)7-11(9)12(16)15-13(2)5-6-19-8-13/h3-4,7H,5-6,8H2,1-2H3,(H,15,16)(H2,14,17,18). The van der Waals surface area contributed by atoms with Gasteiger partial charge in [0.2, 0.25) is 10.0 Å². The van der Waals surface area contributed by atoms with Gasteiger partial charge in [-0.05, 0) is 38.0 Å². The van der Waals surface area contributed by atoms with Crippen molar-refractivity contribution in [1.29, 1.82) is 0 Å². The van der Waals surface area contributed by atoms with Gasteiger partial charge < -0.3 is 10.1 Å². The summed E-state index contributed by atoms with van der Waals surface area (Å²) < 4.78 is 28.0. The largest absolute Gasteiger partial charge is 0.379 e. The second-order valence-electron chi connectivity index (χ2n) is 5.34. The number of hydrogen-bond acceptors (Lipinski definition) is 4. The second kappa shape index (κ2) is 5.16. The van der Waals surface area contributed by atoms with Crippen LogP contribution in [0.25, 0.3) is 0 Å². The first-order valence-electron chi connectivity index (χ1n) is 6.25. The van der Waals surface area contributed by atoms with E-state index in [0.717, 1.165) is 6.42 Å². The van der Waals surface area contributed by atoms with Crippen LogP contribution in [0.2, 0.25) is 0 Å². The van der Waals surface area contributed by atoms with E-state index in [2.05, 4.69) is 5.32 Å². The van der Waals surface area contributed by atoms with Crippen LogP contribution in [0.1, 0.15) is 29.3 Å². The highest BCUT2D eigenvalue weighted by atomic mass is 32.2. The molecule has 1 heterocycles. The average molecular weight is 298 g/mol. The lowest BCUT2D eigenvalue weighted by Gasteiger charge is -2.24. The van der Waals surface area contributed by atoms with Crippen molar-refractivity contribution in [2.45, 2.75) is 30.7 Å². The van der Waals surface area contributed by atoms with E-state index in [1.807, 2.05) is 6.92 Å². The van der Waals surface area contributed by atoms with E-state index in [4.69, 9.17) is 9.88 Å². The fraction of sp³-hybridized carbons (Fsp3) is 0.462. The molecule has 6 nitrogen and oxygen atoms in total. The van der Waals surface area contributed by atoms with Crippen LogP contribution in [0, 0.1) is 6.92 Å². The van der Waals surface area contributed by atoms with Crippen molar-refractivity contribution in [3.05, 3.63) is 29.3 Å². The topological polar surface area (TPSA) is 98.5 Å². The predicted octanol–water partition coefficient (Wildman–Crippen LogP) is 0.551. The van der Waals surface area contributed by atoms with Crippen LogP contribution >= 0.6 is 0 Å². The summed E-state index contributed by atoms with van der Waals surface area (Å²) in [5.74, 6) is -0.319. The van der Waals surface area contributed by atoms with Gasteiger partial charge in [0.25, 0.3) is 5.91 Å². The molecular formula is C13H18N2O4S.